The molecule has 4 rings (SSSR count). The van der Waals surface area contributed by atoms with Crippen LogP contribution in [-0.4, -0.2) is 44.4 Å². The lowest BCUT2D eigenvalue weighted by atomic mass is 10.2. The van der Waals surface area contributed by atoms with Crippen molar-refractivity contribution in [2.75, 3.05) is 6.26 Å². The summed E-state index contributed by atoms with van der Waals surface area (Å²) >= 11 is 3.36. The largest absolute Gasteiger partial charge is 0.291 e. The van der Waals surface area contributed by atoms with Gasteiger partial charge in [-0.25, -0.2) is 13.4 Å². The van der Waals surface area contributed by atoms with E-state index < -0.39 is 9.84 Å². The normalized spacial score (nSPS) is 11.8. The molecular formula is C17H13BrN6O3S. The Balaban J connectivity index is 1.72. The van der Waals surface area contributed by atoms with Gasteiger partial charge in [0, 0.05) is 10.7 Å². The third-order valence-electron chi connectivity index (χ3n) is 4.14. The molecule has 0 bridgehead atoms. The lowest BCUT2D eigenvalue weighted by Gasteiger charge is -2.08. The fourth-order valence-electron chi connectivity index (χ4n) is 2.74. The Hall–Kier alpha value is -2.92. The average Bonchev–Trinajstić information content (AvgIpc) is 3.12. The van der Waals surface area contributed by atoms with E-state index in [0.29, 0.717) is 22.4 Å². The second kappa shape index (κ2) is 6.91. The number of fused-ring (bicyclic) bond motifs is 1. The first-order valence-electron chi connectivity index (χ1n) is 8.05. The summed E-state index contributed by atoms with van der Waals surface area (Å²) in [5.41, 5.74) is 0.964. The summed E-state index contributed by atoms with van der Waals surface area (Å²) < 4.78 is 26.9. The summed E-state index contributed by atoms with van der Waals surface area (Å²) in [4.78, 5) is 17.3. The van der Waals surface area contributed by atoms with Gasteiger partial charge in [0.1, 0.15) is 0 Å². The number of tetrazole rings is 1. The predicted octanol–water partition coefficient (Wildman–Crippen LogP) is 1.59. The van der Waals surface area contributed by atoms with Gasteiger partial charge in [-0.2, -0.15) is 4.68 Å². The lowest BCUT2D eigenvalue weighted by molar-refractivity contribution is 0.602. The molecule has 0 fully saturated rings. The summed E-state index contributed by atoms with van der Waals surface area (Å²) in [6.07, 6.45) is 2.59. The van der Waals surface area contributed by atoms with Crippen LogP contribution in [0.3, 0.4) is 0 Å². The molecule has 28 heavy (non-hydrogen) atoms. The number of nitrogens with zero attached hydrogens (tertiary/aromatic N) is 6. The van der Waals surface area contributed by atoms with Gasteiger partial charge in [0.2, 0.25) is 0 Å². The van der Waals surface area contributed by atoms with Crippen molar-refractivity contribution in [2.45, 2.75) is 11.4 Å². The van der Waals surface area contributed by atoms with E-state index >= 15 is 0 Å². The minimum atomic E-state index is -3.30. The van der Waals surface area contributed by atoms with Crippen LogP contribution in [-0.2, 0) is 16.4 Å². The quantitative estimate of drug-likeness (QED) is 0.454. The number of rotatable bonds is 4. The van der Waals surface area contributed by atoms with Crippen molar-refractivity contribution in [3.8, 4) is 5.69 Å². The zero-order valence-electron chi connectivity index (χ0n) is 14.5. The third kappa shape index (κ3) is 3.45. The SMILES string of the molecule is CS(=O)(=O)c1ccc(-n2nnnc2Cn2cnc3ccc(Br)cc3c2=O)cc1. The maximum Gasteiger partial charge on any atom is 0.261 e. The van der Waals surface area contributed by atoms with Gasteiger partial charge in [-0.15, -0.1) is 5.10 Å². The second-order valence-corrected chi connectivity index (χ2v) is 9.04. The molecule has 0 saturated carbocycles. The van der Waals surface area contributed by atoms with Crippen LogP contribution in [0.2, 0.25) is 0 Å². The molecule has 0 N–H and O–H groups in total. The number of hydrogen-bond acceptors (Lipinski definition) is 7. The smallest absolute Gasteiger partial charge is 0.261 e. The van der Waals surface area contributed by atoms with Gasteiger partial charge in [-0.3, -0.25) is 9.36 Å². The first-order chi connectivity index (χ1) is 13.3. The van der Waals surface area contributed by atoms with Crippen LogP contribution >= 0.6 is 15.9 Å². The van der Waals surface area contributed by atoms with Crippen molar-refractivity contribution in [3.05, 3.63) is 69.4 Å². The third-order valence-corrected chi connectivity index (χ3v) is 5.76. The first-order valence-corrected chi connectivity index (χ1v) is 10.7. The molecule has 11 heteroatoms. The van der Waals surface area contributed by atoms with Crippen molar-refractivity contribution in [3.63, 3.8) is 0 Å². The van der Waals surface area contributed by atoms with Crippen LogP contribution in [0.25, 0.3) is 16.6 Å². The topological polar surface area (TPSA) is 113 Å². The molecular weight excluding hydrogens is 448 g/mol. The maximum absolute atomic E-state index is 12.8. The van der Waals surface area contributed by atoms with Crippen LogP contribution in [0, 0.1) is 0 Å². The van der Waals surface area contributed by atoms with Gasteiger partial charge < -0.3 is 0 Å². The van der Waals surface area contributed by atoms with Crippen LogP contribution in [0.1, 0.15) is 5.82 Å². The zero-order valence-corrected chi connectivity index (χ0v) is 16.9. The van der Waals surface area contributed by atoms with E-state index in [1.165, 1.54) is 27.7 Å². The molecule has 142 valence electrons. The molecule has 0 atom stereocenters. The fraction of sp³-hybridized carbons (Fsp3) is 0.118. The Bertz CT molecular complexity index is 1350. The van der Waals surface area contributed by atoms with Gasteiger partial charge in [-0.05, 0) is 52.9 Å². The Labute approximate surface area is 167 Å². The highest BCUT2D eigenvalue weighted by Crippen LogP contribution is 2.16. The number of hydrogen-bond donors (Lipinski definition) is 0. The molecule has 0 radical (unpaired) electrons. The standard InChI is InChI=1S/C17H13BrN6O3S/c1-28(26,27)13-5-3-12(4-6-13)24-16(20-21-22-24)9-23-10-19-15-7-2-11(18)8-14(15)17(23)25/h2-8,10H,9H2,1H3. The molecule has 0 unspecified atom stereocenters. The number of sulfone groups is 1. The summed E-state index contributed by atoms with van der Waals surface area (Å²) in [6, 6.07) is 11.5. The number of benzene rings is 2. The predicted molar refractivity (Wildman–Crippen MR) is 105 cm³/mol. The molecule has 2 aromatic heterocycles. The molecule has 0 aliphatic heterocycles. The molecule has 0 aliphatic carbocycles. The molecule has 0 spiro atoms. The second-order valence-electron chi connectivity index (χ2n) is 6.11. The fourth-order valence-corrected chi connectivity index (χ4v) is 3.73. The number of halogens is 1. The summed E-state index contributed by atoms with van der Waals surface area (Å²) in [7, 11) is -3.30. The Morgan fingerprint density at radius 3 is 2.57 bits per heavy atom. The summed E-state index contributed by atoms with van der Waals surface area (Å²) in [5, 5.41) is 12.1. The van der Waals surface area contributed by atoms with Crippen LogP contribution in [0.5, 0.6) is 0 Å². The first kappa shape index (κ1) is 18.4. The minimum absolute atomic E-state index is 0.106. The molecule has 4 aromatic rings. The van der Waals surface area contributed by atoms with Gasteiger partial charge in [0.15, 0.2) is 15.7 Å². The van der Waals surface area contributed by atoms with E-state index in [4.69, 9.17) is 0 Å². The Morgan fingerprint density at radius 2 is 1.86 bits per heavy atom. The minimum Gasteiger partial charge on any atom is -0.291 e. The Kier molecular flexibility index (Phi) is 4.55. The Morgan fingerprint density at radius 1 is 1.11 bits per heavy atom. The van der Waals surface area contributed by atoms with E-state index in [1.54, 1.807) is 24.3 Å². The van der Waals surface area contributed by atoms with Gasteiger partial charge in [-0.1, -0.05) is 15.9 Å². The van der Waals surface area contributed by atoms with E-state index in [0.717, 1.165) is 10.7 Å². The van der Waals surface area contributed by atoms with Crippen molar-refractivity contribution in [1.29, 1.82) is 0 Å². The average molecular weight is 461 g/mol. The summed E-state index contributed by atoms with van der Waals surface area (Å²) in [5.74, 6) is 0.408. The lowest BCUT2D eigenvalue weighted by Crippen LogP contribution is -2.23. The molecule has 2 aromatic carbocycles. The molecule has 0 aliphatic rings. The van der Waals surface area contributed by atoms with Crippen LogP contribution in [0.15, 0.2) is 63.0 Å². The van der Waals surface area contributed by atoms with Gasteiger partial charge in [0.05, 0.1) is 34.4 Å². The zero-order chi connectivity index (χ0) is 19.9. The van der Waals surface area contributed by atoms with E-state index in [9.17, 15) is 13.2 Å². The van der Waals surface area contributed by atoms with E-state index in [1.807, 2.05) is 6.07 Å². The van der Waals surface area contributed by atoms with Crippen molar-refractivity contribution in [1.82, 2.24) is 29.8 Å². The van der Waals surface area contributed by atoms with Crippen molar-refractivity contribution >= 4 is 36.7 Å². The highest BCUT2D eigenvalue weighted by atomic mass is 79.9. The van der Waals surface area contributed by atoms with Gasteiger partial charge >= 0.3 is 0 Å². The van der Waals surface area contributed by atoms with Crippen molar-refractivity contribution < 1.29 is 8.42 Å². The highest BCUT2D eigenvalue weighted by Gasteiger charge is 2.13. The van der Waals surface area contributed by atoms with Crippen LogP contribution < -0.4 is 5.56 Å². The van der Waals surface area contributed by atoms with Crippen LogP contribution in [0.4, 0.5) is 0 Å². The highest BCUT2D eigenvalue weighted by molar-refractivity contribution is 9.10. The van der Waals surface area contributed by atoms with Crippen molar-refractivity contribution in [2.24, 2.45) is 0 Å². The summed E-state index contributed by atoms with van der Waals surface area (Å²) in [6.45, 7) is 0.106. The molecule has 9 nitrogen and oxygen atoms in total. The van der Waals surface area contributed by atoms with E-state index in [2.05, 4.69) is 36.4 Å². The van der Waals surface area contributed by atoms with E-state index in [-0.39, 0.29) is 17.0 Å². The monoisotopic (exact) mass is 460 g/mol. The van der Waals surface area contributed by atoms with Gasteiger partial charge in [0.25, 0.3) is 5.56 Å². The number of aromatic nitrogens is 6. The molecule has 0 amide bonds. The molecule has 2 heterocycles. The maximum atomic E-state index is 12.8. The molecule has 0 saturated heterocycles.